The lowest BCUT2D eigenvalue weighted by Gasteiger charge is -2.21. The van der Waals surface area contributed by atoms with Gasteiger partial charge in [-0.1, -0.05) is 13.0 Å². The number of esters is 1. The third kappa shape index (κ3) is 3.98. The number of nitrogens with two attached hydrogens (primary N) is 1. The van der Waals surface area contributed by atoms with Crippen LogP contribution in [0.2, 0.25) is 0 Å². The van der Waals surface area contributed by atoms with E-state index in [9.17, 15) is 9.59 Å². The van der Waals surface area contributed by atoms with Crippen LogP contribution in [0, 0.1) is 6.92 Å². The second kappa shape index (κ2) is 6.78. The smallest absolute Gasteiger partial charge is 0.325 e. The molecule has 1 aromatic carbocycles. The molecule has 0 saturated heterocycles. The number of rotatable bonds is 5. The number of hydrogen-bond acceptors (Lipinski definition) is 4. The van der Waals surface area contributed by atoms with Crippen LogP contribution in [-0.2, 0) is 9.53 Å². The summed E-state index contributed by atoms with van der Waals surface area (Å²) >= 11 is 0. The molecule has 5 nitrogen and oxygen atoms in total. The van der Waals surface area contributed by atoms with Crippen molar-refractivity contribution in [1.29, 1.82) is 0 Å². The maximum Gasteiger partial charge on any atom is 0.325 e. The maximum absolute atomic E-state index is 12.3. The molecule has 19 heavy (non-hydrogen) atoms. The predicted octanol–water partition coefficient (Wildman–Crippen LogP) is 1.60. The van der Waals surface area contributed by atoms with Gasteiger partial charge in [0.2, 0.25) is 0 Å². The van der Waals surface area contributed by atoms with Crippen LogP contribution in [0.15, 0.2) is 18.2 Å². The number of aryl methyl sites for hydroxylation is 1. The number of benzene rings is 1. The molecule has 0 unspecified atom stereocenters. The summed E-state index contributed by atoms with van der Waals surface area (Å²) in [6.07, 6.45) is 0.768. The van der Waals surface area contributed by atoms with Crippen LogP contribution in [0.5, 0.6) is 0 Å². The summed E-state index contributed by atoms with van der Waals surface area (Å²) in [7, 11) is 1.31. The van der Waals surface area contributed by atoms with Gasteiger partial charge in [-0.2, -0.15) is 0 Å². The van der Waals surface area contributed by atoms with E-state index >= 15 is 0 Å². The molecule has 5 heteroatoms. The average molecular weight is 264 g/mol. The molecule has 0 aliphatic heterocycles. The van der Waals surface area contributed by atoms with Crippen molar-refractivity contribution < 1.29 is 14.3 Å². The van der Waals surface area contributed by atoms with Gasteiger partial charge in [-0.25, -0.2) is 0 Å². The van der Waals surface area contributed by atoms with E-state index in [0.717, 1.165) is 12.0 Å². The summed E-state index contributed by atoms with van der Waals surface area (Å²) in [5.41, 5.74) is 7.78. The Morgan fingerprint density at radius 1 is 1.37 bits per heavy atom. The van der Waals surface area contributed by atoms with Gasteiger partial charge in [0.25, 0.3) is 5.91 Å². The van der Waals surface area contributed by atoms with Crippen molar-refractivity contribution in [2.75, 3.05) is 25.9 Å². The molecule has 0 aromatic heterocycles. The molecular formula is C14H20N2O3. The van der Waals surface area contributed by atoms with E-state index in [0.29, 0.717) is 17.8 Å². The lowest BCUT2D eigenvalue weighted by Crippen LogP contribution is -2.36. The summed E-state index contributed by atoms with van der Waals surface area (Å²) in [6.45, 7) is 4.28. The Bertz CT molecular complexity index is 472. The monoisotopic (exact) mass is 264 g/mol. The van der Waals surface area contributed by atoms with Gasteiger partial charge in [0.15, 0.2) is 0 Å². The number of anilines is 1. The third-order valence-corrected chi connectivity index (χ3v) is 2.85. The molecule has 0 saturated carbocycles. The van der Waals surface area contributed by atoms with E-state index in [1.54, 1.807) is 18.2 Å². The second-order valence-electron chi connectivity index (χ2n) is 4.37. The van der Waals surface area contributed by atoms with Crippen molar-refractivity contribution in [3.8, 4) is 0 Å². The molecule has 0 atom stereocenters. The van der Waals surface area contributed by atoms with Gasteiger partial charge in [-0.15, -0.1) is 0 Å². The van der Waals surface area contributed by atoms with Crippen molar-refractivity contribution in [3.05, 3.63) is 29.3 Å². The summed E-state index contributed by atoms with van der Waals surface area (Å²) in [4.78, 5) is 25.1. The molecule has 104 valence electrons. The van der Waals surface area contributed by atoms with Gasteiger partial charge in [-0.05, 0) is 31.0 Å². The standard InChI is InChI=1S/C14H20N2O3/c1-4-7-16(9-13(17)19-3)14(18)11-6-5-10(2)12(15)8-11/h5-6,8H,4,7,9,15H2,1-3H3. The Kier molecular flexibility index (Phi) is 5.36. The summed E-state index contributed by atoms with van der Waals surface area (Å²) in [5.74, 6) is -0.638. The van der Waals surface area contributed by atoms with Gasteiger partial charge in [0, 0.05) is 17.8 Å². The van der Waals surface area contributed by atoms with Crippen LogP contribution < -0.4 is 5.73 Å². The molecular weight excluding hydrogens is 244 g/mol. The second-order valence-corrected chi connectivity index (χ2v) is 4.37. The minimum absolute atomic E-state index is 0.0447. The van der Waals surface area contributed by atoms with Crippen LogP contribution >= 0.6 is 0 Å². The molecule has 1 rings (SSSR count). The van der Waals surface area contributed by atoms with Crippen LogP contribution in [0.4, 0.5) is 5.69 Å². The highest BCUT2D eigenvalue weighted by Crippen LogP contribution is 2.15. The molecule has 0 radical (unpaired) electrons. The van der Waals surface area contributed by atoms with Gasteiger partial charge < -0.3 is 15.4 Å². The molecule has 1 amide bonds. The highest BCUT2D eigenvalue weighted by molar-refractivity contribution is 5.96. The van der Waals surface area contributed by atoms with Gasteiger partial charge in [-0.3, -0.25) is 9.59 Å². The van der Waals surface area contributed by atoms with Crippen LogP contribution in [0.1, 0.15) is 29.3 Å². The van der Waals surface area contributed by atoms with Gasteiger partial charge in [0.1, 0.15) is 6.54 Å². The first-order valence-electron chi connectivity index (χ1n) is 6.21. The van der Waals surface area contributed by atoms with Crippen molar-refractivity contribution in [2.45, 2.75) is 20.3 Å². The largest absolute Gasteiger partial charge is 0.468 e. The Balaban J connectivity index is 2.91. The zero-order valence-corrected chi connectivity index (χ0v) is 11.6. The number of methoxy groups -OCH3 is 1. The number of amides is 1. The lowest BCUT2D eigenvalue weighted by atomic mass is 10.1. The van der Waals surface area contributed by atoms with E-state index in [4.69, 9.17) is 5.73 Å². The van der Waals surface area contributed by atoms with Crippen molar-refractivity contribution in [3.63, 3.8) is 0 Å². The molecule has 0 heterocycles. The first kappa shape index (κ1) is 15.0. The molecule has 1 aromatic rings. The average Bonchev–Trinajstić information content (AvgIpc) is 2.40. The minimum atomic E-state index is -0.429. The topological polar surface area (TPSA) is 72.6 Å². The predicted molar refractivity (Wildman–Crippen MR) is 73.8 cm³/mol. The number of hydrogen-bond donors (Lipinski definition) is 1. The van der Waals surface area contributed by atoms with Gasteiger partial charge >= 0.3 is 5.97 Å². The molecule has 0 fully saturated rings. The SMILES string of the molecule is CCCN(CC(=O)OC)C(=O)c1ccc(C)c(N)c1. The number of carbonyl (C=O) groups excluding carboxylic acids is 2. The third-order valence-electron chi connectivity index (χ3n) is 2.85. The number of nitrogen functional groups attached to an aromatic ring is 1. The lowest BCUT2D eigenvalue weighted by molar-refractivity contribution is -0.141. The van der Waals surface area contributed by atoms with Crippen LogP contribution in [-0.4, -0.2) is 37.0 Å². The first-order valence-corrected chi connectivity index (χ1v) is 6.21. The fourth-order valence-electron chi connectivity index (χ4n) is 1.70. The zero-order chi connectivity index (χ0) is 14.4. The van der Waals surface area contributed by atoms with Crippen LogP contribution in [0.25, 0.3) is 0 Å². The molecule has 2 N–H and O–H groups in total. The van der Waals surface area contributed by atoms with E-state index in [2.05, 4.69) is 4.74 Å². The quantitative estimate of drug-likeness (QED) is 0.647. The highest BCUT2D eigenvalue weighted by atomic mass is 16.5. The van der Waals surface area contributed by atoms with Crippen molar-refractivity contribution in [1.82, 2.24) is 4.90 Å². The Labute approximate surface area is 113 Å². The summed E-state index contributed by atoms with van der Waals surface area (Å²) in [6, 6.07) is 5.15. The van der Waals surface area contributed by atoms with Gasteiger partial charge in [0.05, 0.1) is 7.11 Å². The molecule has 0 aliphatic carbocycles. The normalized spacial score (nSPS) is 10.1. The number of nitrogens with zero attached hydrogens (tertiary/aromatic N) is 1. The Morgan fingerprint density at radius 2 is 2.05 bits per heavy atom. The molecule has 0 aliphatic rings. The number of carbonyl (C=O) groups is 2. The molecule has 0 bridgehead atoms. The summed E-state index contributed by atoms with van der Waals surface area (Å²) < 4.78 is 4.60. The molecule has 0 spiro atoms. The summed E-state index contributed by atoms with van der Waals surface area (Å²) in [5, 5.41) is 0. The Hall–Kier alpha value is -2.04. The maximum atomic E-state index is 12.3. The highest BCUT2D eigenvalue weighted by Gasteiger charge is 2.18. The minimum Gasteiger partial charge on any atom is -0.468 e. The van der Waals surface area contributed by atoms with Crippen LogP contribution in [0.3, 0.4) is 0 Å². The van der Waals surface area contributed by atoms with E-state index in [1.165, 1.54) is 12.0 Å². The number of ether oxygens (including phenoxy) is 1. The zero-order valence-electron chi connectivity index (χ0n) is 11.6. The van der Waals surface area contributed by atoms with E-state index in [-0.39, 0.29) is 12.5 Å². The van der Waals surface area contributed by atoms with E-state index < -0.39 is 5.97 Å². The first-order chi connectivity index (χ1) is 8.99. The van der Waals surface area contributed by atoms with E-state index in [1.807, 2.05) is 13.8 Å². The van der Waals surface area contributed by atoms with Crippen molar-refractivity contribution in [2.24, 2.45) is 0 Å². The Morgan fingerprint density at radius 3 is 2.58 bits per heavy atom. The van der Waals surface area contributed by atoms with Crippen molar-refractivity contribution >= 4 is 17.6 Å². The fourth-order valence-corrected chi connectivity index (χ4v) is 1.70. The fraction of sp³-hybridized carbons (Fsp3) is 0.429.